The van der Waals surface area contributed by atoms with Crippen molar-refractivity contribution in [2.45, 2.75) is 129 Å². The zero-order chi connectivity index (χ0) is 34.4. The van der Waals surface area contributed by atoms with E-state index in [1.807, 2.05) is 0 Å². The fourth-order valence-electron chi connectivity index (χ4n) is 9.01. The molecule has 0 saturated carbocycles. The van der Waals surface area contributed by atoms with E-state index in [2.05, 4.69) is 138 Å². The molecule has 0 N–H and O–H groups in total. The van der Waals surface area contributed by atoms with Gasteiger partial charge in [0.25, 0.3) is 0 Å². The van der Waals surface area contributed by atoms with Crippen LogP contribution in [-0.2, 0) is 12.8 Å². The third-order valence-corrected chi connectivity index (χ3v) is 15.9. The Morgan fingerprint density at radius 1 is 0.449 bits per heavy atom. The first-order chi connectivity index (χ1) is 23.9. The van der Waals surface area contributed by atoms with Gasteiger partial charge in [0.1, 0.15) is 0 Å². The van der Waals surface area contributed by atoms with Crippen molar-refractivity contribution >= 4 is 20.2 Å². The van der Waals surface area contributed by atoms with Gasteiger partial charge < -0.3 is 0 Å². The molecule has 0 spiro atoms. The van der Waals surface area contributed by atoms with Gasteiger partial charge in [-0.3, -0.25) is 0 Å². The number of benzene rings is 4. The molecule has 0 aliphatic heterocycles. The van der Waals surface area contributed by atoms with Crippen molar-refractivity contribution < 1.29 is 0 Å². The van der Waals surface area contributed by atoms with Crippen molar-refractivity contribution in [3.63, 3.8) is 0 Å². The van der Waals surface area contributed by atoms with Crippen LogP contribution in [0.2, 0.25) is 13.1 Å². The maximum absolute atomic E-state index is 2.73. The number of fused-ring (bicyclic) bond motifs is 2. The normalized spacial score (nSPS) is 16.8. The van der Waals surface area contributed by atoms with Crippen LogP contribution in [0.15, 0.2) is 96.1 Å². The molecule has 0 fully saturated rings. The largest absolute Gasteiger partial charge is 0.0722 e. The molecular weight excluding hydrogens is 605 g/mol. The van der Waals surface area contributed by atoms with Gasteiger partial charge in [0, 0.05) is 11.1 Å². The van der Waals surface area contributed by atoms with Crippen molar-refractivity contribution in [3.05, 3.63) is 129 Å². The summed E-state index contributed by atoms with van der Waals surface area (Å²) in [6.07, 6.45) is 20.1. The molecule has 0 radical (unpaired) electrons. The van der Waals surface area contributed by atoms with E-state index in [-0.39, 0.29) is 0 Å². The monoisotopic (exact) mass is 664 g/mol. The fraction of sp³-hybridized carbons (Fsp3) is 0.417. The molecule has 256 valence electrons. The Hall–Kier alpha value is -3.42. The van der Waals surface area contributed by atoms with Crippen LogP contribution >= 0.6 is 0 Å². The van der Waals surface area contributed by atoms with Crippen LogP contribution in [0.5, 0.6) is 0 Å². The minimum atomic E-state index is -2.00. The van der Waals surface area contributed by atoms with Crippen molar-refractivity contribution in [3.8, 4) is 22.3 Å². The lowest BCUT2D eigenvalue weighted by Crippen LogP contribution is -2.43. The lowest BCUT2D eigenvalue weighted by atomic mass is 9.95. The zero-order valence-corrected chi connectivity index (χ0v) is 32.4. The summed E-state index contributed by atoms with van der Waals surface area (Å²) in [6.45, 7) is 14.7. The maximum Gasteiger partial charge on any atom is 0.0722 e. The molecule has 4 aromatic carbocycles. The predicted molar refractivity (Wildman–Crippen MR) is 219 cm³/mol. The number of aryl methyl sites for hydroxylation is 2. The average molecular weight is 665 g/mol. The van der Waals surface area contributed by atoms with E-state index in [0.717, 1.165) is 0 Å². The Bertz CT molecular complexity index is 1630. The summed E-state index contributed by atoms with van der Waals surface area (Å²) in [5, 5.41) is 0. The molecule has 0 bridgehead atoms. The predicted octanol–water partition coefficient (Wildman–Crippen LogP) is 14.5. The summed E-state index contributed by atoms with van der Waals surface area (Å²) in [5.74, 6) is 0. The third kappa shape index (κ3) is 7.39. The van der Waals surface area contributed by atoms with Crippen LogP contribution < -0.4 is 0 Å². The lowest BCUT2D eigenvalue weighted by molar-refractivity contribution is 0.750. The molecule has 0 amide bonds. The van der Waals surface area contributed by atoms with Gasteiger partial charge in [0.2, 0.25) is 0 Å². The fourth-order valence-corrected chi connectivity index (χ4v) is 13.8. The van der Waals surface area contributed by atoms with E-state index in [1.165, 1.54) is 122 Å². The van der Waals surface area contributed by atoms with E-state index >= 15 is 0 Å². The quantitative estimate of drug-likeness (QED) is 0.105. The number of allylic oxidation sites excluding steroid dienone is 2. The standard InChI is InChI=1S/C48H60Si/c1-7-11-17-35-25-29-37(30-26-35)41-21-15-23-43-45(41)33-39(19-13-9-3)47(43)49(5,6)48-40(20-14-10-4)34-46-42(22-16-24-44(46)48)38-31-27-36(28-32-38)18-12-8-2/h15-16,21-34,47-48H,7-14,17-20H2,1-6H3. The van der Waals surface area contributed by atoms with Gasteiger partial charge in [0.15, 0.2) is 0 Å². The minimum absolute atomic E-state index is 0.528. The summed E-state index contributed by atoms with van der Waals surface area (Å²) in [6, 6.07) is 33.4. The first-order valence-corrected chi connectivity index (χ1v) is 22.9. The third-order valence-electron chi connectivity index (χ3n) is 11.6. The first-order valence-electron chi connectivity index (χ1n) is 19.8. The summed E-state index contributed by atoms with van der Waals surface area (Å²) in [5.41, 5.74) is 19.1. The smallest absolute Gasteiger partial charge is 0.0679 e. The van der Waals surface area contributed by atoms with E-state index in [1.54, 1.807) is 22.3 Å². The number of hydrogen-bond acceptors (Lipinski definition) is 0. The van der Waals surface area contributed by atoms with E-state index < -0.39 is 8.07 Å². The maximum atomic E-state index is 2.73. The minimum Gasteiger partial charge on any atom is -0.0679 e. The molecule has 4 aromatic rings. The SMILES string of the molecule is CCCCC1=Cc2c(-c3ccc(CCCC)cc3)cccc2C1[Si](C)(C)C1C(CCCC)=Cc2c(-c3ccc(CCCC)cc3)cccc21. The van der Waals surface area contributed by atoms with E-state index in [0.29, 0.717) is 11.1 Å². The summed E-state index contributed by atoms with van der Waals surface area (Å²) in [4.78, 5) is 0. The molecule has 0 saturated heterocycles. The Balaban J connectivity index is 1.41. The van der Waals surface area contributed by atoms with E-state index in [9.17, 15) is 0 Å². The molecule has 1 heteroatoms. The molecule has 2 atom stereocenters. The van der Waals surface area contributed by atoms with Crippen LogP contribution in [0.4, 0.5) is 0 Å². The second-order valence-corrected chi connectivity index (χ2v) is 20.3. The van der Waals surface area contributed by atoms with Crippen LogP contribution in [0.1, 0.15) is 136 Å². The Kier molecular flexibility index (Phi) is 11.6. The highest BCUT2D eigenvalue weighted by Crippen LogP contribution is 2.56. The Morgan fingerprint density at radius 2 is 0.816 bits per heavy atom. The van der Waals surface area contributed by atoms with Gasteiger partial charge in [-0.2, -0.15) is 0 Å². The summed E-state index contributed by atoms with van der Waals surface area (Å²) >= 11 is 0. The van der Waals surface area contributed by atoms with Crippen molar-refractivity contribution in [2.24, 2.45) is 0 Å². The second-order valence-electron chi connectivity index (χ2n) is 15.6. The van der Waals surface area contributed by atoms with Crippen molar-refractivity contribution in [1.82, 2.24) is 0 Å². The van der Waals surface area contributed by atoms with Gasteiger partial charge in [-0.1, -0.05) is 175 Å². The number of unbranched alkanes of at least 4 members (excludes halogenated alkanes) is 4. The van der Waals surface area contributed by atoms with Gasteiger partial charge in [-0.15, -0.1) is 0 Å². The Morgan fingerprint density at radius 3 is 1.18 bits per heavy atom. The number of hydrogen-bond donors (Lipinski definition) is 0. The summed E-state index contributed by atoms with van der Waals surface area (Å²) < 4.78 is 0. The molecule has 0 aromatic heterocycles. The molecule has 49 heavy (non-hydrogen) atoms. The van der Waals surface area contributed by atoms with Crippen LogP contribution in [-0.4, -0.2) is 8.07 Å². The molecular formula is C48H60Si. The van der Waals surface area contributed by atoms with Gasteiger partial charge >= 0.3 is 0 Å². The van der Waals surface area contributed by atoms with Crippen LogP contribution in [0.25, 0.3) is 34.4 Å². The average Bonchev–Trinajstić information content (AvgIpc) is 3.71. The molecule has 0 heterocycles. The molecule has 2 unspecified atom stereocenters. The highest BCUT2D eigenvalue weighted by atomic mass is 28.3. The van der Waals surface area contributed by atoms with Crippen molar-refractivity contribution in [1.29, 1.82) is 0 Å². The highest BCUT2D eigenvalue weighted by Gasteiger charge is 2.48. The van der Waals surface area contributed by atoms with Gasteiger partial charge in [-0.25, -0.2) is 0 Å². The molecule has 2 aliphatic carbocycles. The molecule has 2 aliphatic rings. The second kappa shape index (κ2) is 16.1. The Labute approximate surface area is 299 Å². The summed E-state index contributed by atoms with van der Waals surface area (Å²) in [7, 11) is -2.00. The first kappa shape index (κ1) is 35.4. The van der Waals surface area contributed by atoms with Crippen LogP contribution in [0.3, 0.4) is 0 Å². The van der Waals surface area contributed by atoms with Crippen molar-refractivity contribution in [2.75, 3.05) is 0 Å². The zero-order valence-electron chi connectivity index (χ0n) is 31.4. The number of rotatable bonds is 16. The molecule has 0 nitrogen and oxygen atoms in total. The topological polar surface area (TPSA) is 0 Å². The highest BCUT2D eigenvalue weighted by molar-refractivity contribution is 6.81. The molecule has 6 rings (SSSR count). The van der Waals surface area contributed by atoms with Gasteiger partial charge in [0.05, 0.1) is 8.07 Å². The lowest BCUT2D eigenvalue weighted by Gasteiger charge is -2.40. The van der Waals surface area contributed by atoms with Crippen LogP contribution in [0, 0.1) is 0 Å². The van der Waals surface area contributed by atoms with Gasteiger partial charge in [-0.05, 0) is 107 Å². The van der Waals surface area contributed by atoms with E-state index in [4.69, 9.17) is 0 Å².